The molecule has 20 heavy (non-hydrogen) atoms. The second kappa shape index (κ2) is 7.78. The Morgan fingerprint density at radius 2 is 1.85 bits per heavy atom. The second-order valence-electron chi connectivity index (χ2n) is 5.10. The van der Waals surface area contributed by atoms with Gasteiger partial charge in [0.25, 0.3) is 0 Å². The highest BCUT2D eigenvalue weighted by atomic mass is 16.3. The summed E-state index contributed by atoms with van der Waals surface area (Å²) in [6.45, 7) is 4.76. The van der Waals surface area contributed by atoms with E-state index in [1.807, 2.05) is 12.3 Å². The van der Waals surface area contributed by atoms with E-state index in [1.165, 1.54) is 16.7 Å². The van der Waals surface area contributed by atoms with Crippen LogP contribution in [0.1, 0.15) is 16.7 Å². The van der Waals surface area contributed by atoms with Gasteiger partial charge in [-0.05, 0) is 30.5 Å². The highest BCUT2D eigenvalue weighted by Gasteiger charge is 2.06. The molecule has 1 N–H and O–H groups in total. The van der Waals surface area contributed by atoms with Crippen molar-refractivity contribution >= 4 is 0 Å². The number of nitrogens with zero attached hydrogens (tertiary/aromatic N) is 2. The first-order valence-corrected chi connectivity index (χ1v) is 7.05. The van der Waals surface area contributed by atoms with Gasteiger partial charge in [-0.1, -0.05) is 35.9 Å². The molecule has 3 heteroatoms. The maximum atomic E-state index is 9.19. The van der Waals surface area contributed by atoms with Crippen molar-refractivity contribution in [3.05, 3.63) is 65.5 Å². The van der Waals surface area contributed by atoms with Crippen LogP contribution < -0.4 is 0 Å². The molecule has 0 saturated carbocycles. The normalized spacial score (nSPS) is 10.9. The lowest BCUT2D eigenvalue weighted by atomic mass is 10.1. The summed E-state index contributed by atoms with van der Waals surface area (Å²) < 4.78 is 0. The van der Waals surface area contributed by atoms with Gasteiger partial charge >= 0.3 is 0 Å². The van der Waals surface area contributed by atoms with Crippen LogP contribution in [0.5, 0.6) is 0 Å². The van der Waals surface area contributed by atoms with Crippen molar-refractivity contribution in [2.24, 2.45) is 0 Å². The molecule has 0 saturated heterocycles. The summed E-state index contributed by atoms with van der Waals surface area (Å²) in [5.74, 6) is 0. The Hall–Kier alpha value is -1.71. The van der Waals surface area contributed by atoms with Gasteiger partial charge in [-0.25, -0.2) is 0 Å². The molecule has 2 rings (SSSR count). The molecule has 0 bridgehead atoms. The minimum Gasteiger partial charge on any atom is -0.395 e. The van der Waals surface area contributed by atoms with Crippen LogP contribution in [0.4, 0.5) is 0 Å². The molecule has 0 atom stereocenters. The molecular formula is C17H22N2O. The van der Waals surface area contributed by atoms with E-state index >= 15 is 0 Å². The number of aliphatic hydroxyl groups is 1. The lowest BCUT2D eigenvalue weighted by Crippen LogP contribution is -2.28. The first-order valence-electron chi connectivity index (χ1n) is 7.05. The number of hydrogen-bond donors (Lipinski definition) is 1. The maximum absolute atomic E-state index is 9.19. The molecule has 0 aliphatic carbocycles. The molecule has 0 fully saturated rings. The van der Waals surface area contributed by atoms with E-state index in [1.54, 1.807) is 6.20 Å². The van der Waals surface area contributed by atoms with Crippen LogP contribution in [0.25, 0.3) is 0 Å². The minimum absolute atomic E-state index is 0.189. The quantitative estimate of drug-likeness (QED) is 0.839. The third kappa shape index (κ3) is 4.76. The van der Waals surface area contributed by atoms with E-state index in [-0.39, 0.29) is 6.61 Å². The molecule has 1 heterocycles. The molecule has 106 valence electrons. The first-order chi connectivity index (χ1) is 9.78. The number of pyridine rings is 1. The molecule has 0 radical (unpaired) electrons. The first kappa shape index (κ1) is 14.7. The van der Waals surface area contributed by atoms with Crippen molar-refractivity contribution < 1.29 is 5.11 Å². The third-order valence-electron chi connectivity index (χ3n) is 3.38. The zero-order chi connectivity index (χ0) is 14.2. The Bertz CT molecular complexity index is 496. The van der Waals surface area contributed by atoms with Crippen molar-refractivity contribution in [1.82, 2.24) is 9.88 Å². The predicted octanol–water partition coefficient (Wildman–Crippen LogP) is 2.43. The molecule has 0 aliphatic rings. The third-order valence-corrected chi connectivity index (χ3v) is 3.38. The standard InChI is InChI=1S/C17H22N2O/c1-15-4-6-16(7-5-15)8-10-19(11-12-20)14-17-3-2-9-18-13-17/h2-7,9,13,20H,8,10-12,14H2,1H3. The highest BCUT2D eigenvalue weighted by molar-refractivity contribution is 5.21. The number of aliphatic hydroxyl groups excluding tert-OH is 1. The van der Waals surface area contributed by atoms with Crippen LogP contribution in [0.3, 0.4) is 0 Å². The molecule has 1 aromatic heterocycles. The molecule has 2 aromatic rings. The average molecular weight is 270 g/mol. The average Bonchev–Trinajstić information content (AvgIpc) is 2.48. The Morgan fingerprint density at radius 1 is 1.05 bits per heavy atom. The fourth-order valence-electron chi connectivity index (χ4n) is 2.20. The van der Waals surface area contributed by atoms with Crippen molar-refractivity contribution in [1.29, 1.82) is 0 Å². The zero-order valence-electron chi connectivity index (χ0n) is 12.0. The molecule has 0 amide bonds. The van der Waals surface area contributed by atoms with Gasteiger partial charge < -0.3 is 5.11 Å². The Balaban J connectivity index is 1.90. The summed E-state index contributed by atoms with van der Waals surface area (Å²) in [7, 11) is 0. The predicted molar refractivity (Wildman–Crippen MR) is 81.5 cm³/mol. The lowest BCUT2D eigenvalue weighted by Gasteiger charge is -2.21. The molecule has 1 aromatic carbocycles. The summed E-state index contributed by atoms with van der Waals surface area (Å²) in [5.41, 5.74) is 3.81. The largest absolute Gasteiger partial charge is 0.395 e. The minimum atomic E-state index is 0.189. The number of benzene rings is 1. The van der Waals surface area contributed by atoms with E-state index in [2.05, 4.69) is 47.1 Å². The summed E-state index contributed by atoms with van der Waals surface area (Å²) in [5, 5.41) is 9.19. The van der Waals surface area contributed by atoms with Crippen LogP contribution in [0, 0.1) is 6.92 Å². The zero-order valence-corrected chi connectivity index (χ0v) is 12.0. The van der Waals surface area contributed by atoms with Gasteiger partial charge in [0.1, 0.15) is 0 Å². The van der Waals surface area contributed by atoms with Gasteiger partial charge in [-0.2, -0.15) is 0 Å². The maximum Gasteiger partial charge on any atom is 0.0558 e. The van der Waals surface area contributed by atoms with Gasteiger partial charge in [0, 0.05) is 32.0 Å². The van der Waals surface area contributed by atoms with Crippen LogP contribution in [-0.4, -0.2) is 34.7 Å². The fourth-order valence-corrected chi connectivity index (χ4v) is 2.20. The Kier molecular flexibility index (Phi) is 5.71. The van der Waals surface area contributed by atoms with Gasteiger partial charge in [0.05, 0.1) is 6.61 Å². The number of aromatic nitrogens is 1. The molecular weight excluding hydrogens is 248 g/mol. The lowest BCUT2D eigenvalue weighted by molar-refractivity contribution is 0.191. The van der Waals surface area contributed by atoms with E-state index in [4.69, 9.17) is 0 Å². The molecule has 0 aliphatic heterocycles. The van der Waals surface area contributed by atoms with Crippen molar-refractivity contribution in [3.8, 4) is 0 Å². The van der Waals surface area contributed by atoms with Crippen molar-refractivity contribution in [2.45, 2.75) is 19.9 Å². The van der Waals surface area contributed by atoms with Gasteiger partial charge in [0.2, 0.25) is 0 Å². The Labute approximate surface area is 120 Å². The summed E-state index contributed by atoms with van der Waals surface area (Å²) in [4.78, 5) is 6.40. The summed E-state index contributed by atoms with van der Waals surface area (Å²) in [6.07, 6.45) is 4.67. The molecule has 0 spiro atoms. The van der Waals surface area contributed by atoms with E-state index in [0.29, 0.717) is 6.54 Å². The fraction of sp³-hybridized carbons (Fsp3) is 0.353. The monoisotopic (exact) mass is 270 g/mol. The second-order valence-corrected chi connectivity index (χ2v) is 5.10. The van der Waals surface area contributed by atoms with Gasteiger partial charge in [-0.3, -0.25) is 9.88 Å². The molecule has 3 nitrogen and oxygen atoms in total. The number of rotatable bonds is 7. The van der Waals surface area contributed by atoms with E-state index < -0.39 is 0 Å². The SMILES string of the molecule is Cc1ccc(CCN(CCO)Cc2cccnc2)cc1. The van der Waals surface area contributed by atoms with Crippen LogP contribution in [0.2, 0.25) is 0 Å². The van der Waals surface area contributed by atoms with Gasteiger partial charge in [0.15, 0.2) is 0 Å². The topological polar surface area (TPSA) is 36.4 Å². The van der Waals surface area contributed by atoms with Crippen LogP contribution >= 0.6 is 0 Å². The van der Waals surface area contributed by atoms with Crippen LogP contribution in [0.15, 0.2) is 48.8 Å². The molecule has 0 unspecified atom stereocenters. The van der Waals surface area contributed by atoms with Gasteiger partial charge in [-0.15, -0.1) is 0 Å². The summed E-state index contributed by atoms with van der Waals surface area (Å²) >= 11 is 0. The van der Waals surface area contributed by atoms with Crippen LogP contribution in [-0.2, 0) is 13.0 Å². The Morgan fingerprint density at radius 3 is 2.50 bits per heavy atom. The number of aryl methyl sites for hydroxylation is 1. The number of hydrogen-bond acceptors (Lipinski definition) is 3. The van der Waals surface area contributed by atoms with Crippen molar-refractivity contribution in [2.75, 3.05) is 19.7 Å². The van der Waals surface area contributed by atoms with E-state index in [0.717, 1.165) is 19.5 Å². The summed E-state index contributed by atoms with van der Waals surface area (Å²) in [6, 6.07) is 12.7. The van der Waals surface area contributed by atoms with Crippen molar-refractivity contribution in [3.63, 3.8) is 0 Å². The highest BCUT2D eigenvalue weighted by Crippen LogP contribution is 2.07. The smallest absolute Gasteiger partial charge is 0.0558 e. The van der Waals surface area contributed by atoms with E-state index in [9.17, 15) is 5.11 Å².